The Kier molecular flexibility index (Phi) is 6.77. The Morgan fingerprint density at radius 3 is 2.35 bits per heavy atom. The number of carbonyl (C=O) groups is 1. The minimum atomic E-state index is -3.70. The second kappa shape index (κ2) is 9.75. The van der Waals surface area contributed by atoms with Gasteiger partial charge in [-0.15, -0.1) is 0 Å². The molecular weight excluding hydrogens is 457 g/mol. The van der Waals surface area contributed by atoms with Gasteiger partial charge in [-0.05, 0) is 54.8 Å². The van der Waals surface area contributed by atoms with E-state index < -0.39 is 16.1 Å². The summed E-state index contributed by atoms with van der Waals surface area (Å²) in [5, 5.41) is 11.9. The third-order valence-electron chi connectivity index (χ3n) is 6.05. The van der Waals surface area contributed by atoms with Gasteiger partial charge >= 0.3 is 0 Å². The summed E-state index contributed by atoms with van der Waals surface area (Å²) in [7, 11) is -1.89. The van der Waals surface area contributed by atoms with Gasteiger partial charge in [0.1, 0.15) is 17.7 Å². The summed E-state index contributed by atoms with van der Waals surface area (Å²) in [5.41, 5.74) is 1.09. The highest BCUT2D eigenvalue weighted by Gasteiger charge is 2.33. The standard InChI is InChI=1S/C24H24FN5O3S/c1-29-15-12-27-23(29)22(18-4-6-20(25)7-5-18)28-24(31)19-10-13-30(14-11-19)34(32,33)21-8-2-17(16-26)3-9-21/h2-9,12,15,19,22H,10-11,13-14H2,1H3,(H,28,31)/t22-/m0/s1. The molecule has 4 rings (SSSR count). The molecule has 1 atom stereocenters. The van der Waals surface area contributed by atoms with E-state index in [1.165, 1.54) is 40.7 Å². The Morgan fingerprint density at radius 1 is 1.15 bits per heavy atom. The van der Waals surface area contributed by atoms with Crippen molar-refractivity contribution in [3.05, 3.63) is 83.7 Å². The third kappa shape index (κ3) is 4.85. The first-order chi connectivity index (χ1) is 16.3. The number of nitrogens with zero attached hydrogens (tertiary/aromatic N) is 4. The number of sulfonamides is 1. The zero-order valence-corrected chi connectivity index (χ0v) is 19.4. The second-order valence-electron chi connectivity index (χ2n) is 8.20. The average Bonchev–Trinajstić information content (AvgIpc) is 3.28. The molecule has 176 valence electrons. The smallest absolute Gasteiger partial charge is 0.243 e. The molecule has 0 unspecified atom stereocenters. The molecule has 1 fully saturated rings. The van der Waals surface area contributed by atoms with E-state index in [0.29, 0.717) is 29.8 Å². The summed E-state index contributed by atoms with van der Waals surface area (Å²) >= 11 is 0. The van der Waals surface area contributed by atoms with Gasteiger partial charge in [0.05, 0.1) is 16.5 Å². The van der Waals surface area contributed by atoms with Gasteiger partial charge in [0.2, 0.25) is 15.9 Å². The fourth-order valence-corrected chi connectivity index (χ4v) is 5.55. The molecule has 1 aliphatic rings. The highest BCUT2D eigenvalue weighted by atomic mass is 32.2. The van der Waals surface area contributed by atoms with Gasteiger partial charge in [0.25, 0.3) is 0 Å². The van der Waals surface area contributed by atoms with Crippen molar-refractivity contribution >= 4 is 15.9 Å². The molecular formula is C24H24FN5O3S. The number of rotatable bonds is 6. The maximum absolute atomic E-state index is 13.4. The Labute approximate surface area is 197 Å². The van der Waals surface area contributed by atoms with E-state index in [4.69, 9.17) is 5.26 Å². The molecule has 1 saturated heterocycles. The zero-order chi connectivity index (χ0) is 24.3. The summed E-state index contributed by atoms with van der Waals surface area (Å²) in [6.07, 6.45) is 4.14. The van der Waals surface area contributed by atoms with Gasteiger partial charge in [-0.2, -0.15) is 9.57 Å². The van der Waals surface area contributed by atoms with Gasteiger partial charge in [-0.3, -0.25) is 4.79 Å². The summed E-state index contributed by atoms with van der Waals surface area (Å²) in [5.74, 6) is -0.325. The number of aryl methyl sites for hydroxylation is 1. The lowest BCUT2D eigenvalue weighted by molar-refractivity contribution is -0.126. The molecule has 0 radical (unpaired) electrons. The predicted molar refractivity (Wildman–Crippen MR) is 122 cm³/mol. The molecule has 0 saturated carbocycles. The molecule has 1 aliphatic heterocycles. The number of piperidine rings is 1. The van der Waals surface area contributed by atoms with Gasteiger partial charge in [0, 0.05) is 38.4 Å². The van der Waals surface area contributed by atoms with Crippen molar-refractivity contribution in [3.8, 4) is 6.07 Å². The lowest BCUT2D eigenvalue weighted by atomic mass is 9.96. The average molecular weight is 482 g/mol. The molecule has 2 heterocycles. The van der Waals surface area contributed by atoms with Gasteiger partial charge in [-0.25, -0.2) is 17.8 Å². The highest BCUT2D eigenvalue weighted by Crippen LogP contribution is 2.26. The molecule has 1 N–H and O–H groups in total. The van der Waals surface area contributed by atoms with Crippen molar-refractivity contribution in [2.75, 3.05) is 13.1 Å². The van der Waals surface area contributed by atoms with Crippen molar-refractivity contribution in [1.29, 1.82) is 5.26 Å². The Hall–Kier alpha value is -3.55. The number of amides is 1. The van der Waals surface area contributed by atoms with E-state index in [9.17, 15) is 17.6 Å². The first-order valence-corrected chi connectivity index (χ1v) is 12.3. The maximum atomic E-state index is 13.4. The molecule has 0 bridgehead atoms. The van der Waals surface area contributed by atoms with Crippen LogP contribution in [0.4, 0.5) is 4.39 Å². The van der Waals surface area contributed by atoms with Crippen LogP contribution in [0.1, 0.15) is 35.8 Å². The van der Waals surface area contributed by atoms with E-state index in [0.717, 1.165) is 0 Å². The number of hydrogen-bond acceptors (Lipinski definition) is 5. The van der Waals surface area contributed by atoms with Crippen molar-refractivity contribution in [1.82, 2.24) is 19.2 Å². The van der Waals surface area contributed by atoms with E-state index in [2.05, 4.69) is 10.3 Å². The first-order valence-electron chi connectivity index (χ1n) is 10.8. The van der Waals surface area contributed by atoms with Crippen LogP contribution in [0.2, 0.25) is 0 Å². The minimum absolute atomic E-state index is 0.126. The van der Waals surface area contributed by atoms with E-state index in [1.807, 2.05) is 13.1 Å². The quantitative estimate of drug-likeness (QED) is 0.583. The van der Waals surface area contributed by atoms with Gasteiger partial charge < -0.3 is 9.88 Å². The van der Waals surface area contributed by atoms with E-state index in [-0.39, 0.29) is 35.6 Å². The number of imidazole rings is 1. The van der Waals surface area contributed by atoms with Crippen LogP contribution in [0, 0.1) is 23.1 Å². The topological polar surface area (TPSA) is 108 Å². The lowest BCUT2D eigenvalue weighted by Gasteiger charge is -2.31. The van der Waals surface area contributed by atoms with Crippen LogP contribution in [0.15, 0.2) is 65.8 Å². The van der Waals surface area contributed by atoms with Gasteiger partial charge in [-0.1, -0.05) is 12.1 Å². The van der Waals surface area contributed by atoms with Crippen LogP contribution < -0.4 is 5.32 Å². The van der Waals surface area contributed by atoms with Crippen molar-refractivity contribution in [2.24, 2.45) is 13.0 Å². The number of nitriles is 1. The van der Waals surface area contributed by atoms with Crippen LogP contribution >= 0.6 is 0 Å². The summed E-state index contributed by atoms with van der Waals surface area (Å²) in [6, 6.07) is 13.1. The van der Waals surface area contributed by atoms with Gasteiger partial charge in [0.15, 0.2) is 0 Å². The molecule has 0 aliphatic carbocycles. The van der Waals surface area contributed by atoms with Crippen LogP contribution in [0.3, 0.4) is 0 Å². The van der Waals surface area contributed by atoms with Crippen molar-refractivity contribution in [3.63, 3.8) is 0 Å². The molecule has 3 aromatic rings. The first kappa shape index (κ1) is 23.6. The Balaban J connectivity index is 1.45. The lowest BCUT2D eigenvalue weighted by Crippen LogP contribution is -2.44. The summed E-state index contributed by atoms with van der Waals surface area (Å²) < 4.78 is 42.5. The minimum Gasteiger partial charge on any atom is -0.342 e. The van der Waals surface area contributed by atoms with Crippen LogP contribution in [-0.4, -0.2) is 41.3 Å². The molecule has 1 amide bonds. The molecule has 1 aromatic heterocycles. The number of aromatic nitrogens is 2. The number of carbonyl (C=O) groups excluding carboxylic acids is 1. The number of benzene rings is 2. The zero-order valence-electron chi connectivity index (χ0n) is 18.6. The largest absolute Gasteiger partial charge is 0.342 e. The van der Waals surface area contributed by atoms with Crippen molar-refractivity contribution < 1.29 is 17.6 Å². The third-order valence-corrected chi connectivity index (χ3v) is 7.97. The highest BCUT2D eigenvalue weighted by molar-refractivity contribution is 7.89. The van der Waals surface area contributed by atoms with Crippen LogP contribution in [0.25, 0.3) is 0 Å². The number of nitrogens with one attached hydrogen (secondary N) is 1. The summed E-state index contributed by atoms with van der Waals surface area (Å²) in [4.78, 5) is 17.6. The fourth-order valence-electron chi connectivity index (χ4n) is 4.08. The Bertz CT molecular complexity index is 1310. The van der Waals surface area contributed by atoms with E-state index in [1.54, 1.807) is 29.1 Å². The SMILES string of the molecule is Cn1ccnc1[C@@H](NC(=O)C1CCN(S(=O)(=O)c2ccc(C#N)cc2)CC1)c1ccc(F)cc1. The fraction of sp³-hybridized carbons (Fsp3) is 0.292. The number of hydrogen-bond donors (Lipinski definition) is 1. The molecule has 2 aromatic carbocycles. The Morgan fingerprint density at radius 2 is 1.79 bits per heavy atom. The second-order valence-corrected chi connectivity index (χ2v) is 10.1. The van der Waals surface area contributed by atoms with Crippen LogP contribution in [-0.2, 0) is 21.9 Å². The molecule has 10 heteroatoms. The number of halogens is 1. The van der Waals surface area contributed by atoms with Crippen molar-refractivity contribution in [2.45, 2.75) is 23.8 Å². The monoisotopic (exact) mass is 481 g/mol. The van der Waals surface area contributed by atoms with E-state index >= 15 is 0 Å². The normalized spacial score (nSPS) is 16.0. The van der Waals surface area contributed by atoms with Crippen LogP contribution in [0.5, 0.6) is 0 Å². The maximum Gasteiger partial charge on any atom is 0.243 e. The predicted octanol–water partition coefficient (Wildman–Crippen LogP) is 2.74. The molecule has 34 heavy (non-hydrogen) atoms. The molecule has 8 nitrogen and oxygen atoms in total. The molecule has 0 spiro atoms. The summed E-state index contributed by atoms with van der Waals surface area (Å²) in [6.45, 7) is 0.425.